The summed E-state index contributed by atoms with van der Waals surface area (Å²) in [6.45, 7) is 0.943. The highest BCUT2D eigenvalue weighted by Crippen LogP contribution is 2.18. The lowest BCUT2D eigenvalue weighted by atomic mass is 10.1. The number of hydrogen-bond donors (Lipinski definition) is 2. The van der Waals surface area contributed by atoms with E-state index in [2.05, 4.69) is 20.6 Å². The second-order valence-corrected chi connectivity index (χ2v) is 7.88. The summed E-state index contributed by atoms with van der Waals surface area (Å²) in [6.07, 6.45) is 4.67. The number of pyridine rings is 1. The van der Waals surface area contributed by atoms with E-state index in [1.807, 2.05) is 41.0 Å². The molecule has 0 aliphatic carbocycles. The third-order valence-corrected chi connectivity index (χ3v) is 5.58. The highest BCUT2D eigenvalue weighted by Gasteiger charge is 2.23. The lowest BCUT2D eigenvalue weighted by Crippen LogP contribution is -2.27. The van der Waals surface area contributed by atoms with Crippen molar-refractivity contribution in [3.8, 4) is 5.82 Å². The zero-order chi connectivity index (χ0) is 22.6. The number of ether oxygens (including phenoxy) is 1. The average molecular weight is 441 g/mol. The number of imidazole rings is 1. The maximum Gasteiger partial charge on any atom is 0.253 e. The largest absolute Gasteiger partial charge is 0.368 e. The van der Waals surface area contributed by atoms with Gasteiger partial charge in [0.15, 0.2) is 0 Å². The predicted molar refractivity (Wildman–Crippen MR) is 124 cm³/mol. The van der Waals surface area contributed by atoms with Crippen molar-refractivity contribution in [2.45, 2.75) is 25.5 Å². The van der Waals surface area contributed by atoms with Gasteiger partial charge in [-0.05, 0) is 54.8 Å². The van der Waals surface area contributed by atoms with Crippen molar-refractivity contribution in [2.24, 2.45) is 0 Å². The van der Waals surface area contributed by atoms with E-state index in [-0.39, 0.29) is 11.8 Å². The van der Waals surface area contributed by atoms with Gasteiger partial charge in [-0.2, -0.15) is 0 Å². The smallest absolute Gasteiger partial charge is 0.253 e. The summed E-state index contributed by atoms with van der Waals surface area (Å²) in [5.74, 6) is 0.350. The van der Waals surface area contributed by atoms with Gasteiger partial charge >= 0.3 is 0 Å². The monoisotopic (exact) mass is 441 g/mol. The fourth-order valence-electron chi connectivity index (χ4n) is 3.84. The summed E-state index contributed by atoms with van der Waals surface area (Å²) in [7, 11) is 0. The van der Waals surface area contributed by atoms with E-state index in [9.17, 15) is 9.59 Å². The number of para-hydroxylation sites is 2. The number of anilines is 1. The molecule has 0 spiro atoms. The molecule has 0 saturated carbocycles. The summed E-state index contributed by atoms with van der Waals surface area (Å²) < 4.78 is 7.33. The maximum atomic E-state index is 12.6. The van der Waals surface area contributed by atoms with Crippen LogP contribution in [0.5, 0.6) is 0 Å². The van der Waals surface area contributed by atoms with Gasteiger partial charge in [0.2, 0.25) is 0 Å². The number of carbonyl (C=O) groups is 2. The minimum atomic E-state index is -0.418. The first-order valence-electron chi connectivity index (χ1n) is 10.9. The molecule has 8 nitrogen and oxygen atoms in total. The second kappa shape index (κ2) is 9.22. The first-order chi connectivity index (χ1) is 16.2. The number of nitrogens with one attached hydrogen (secondary N) is 2. The first kappa shape index (κ1) is 20.8. The van der Waals surface area contributed by atoms with Gasteiger partial charge < -0.3 is 15.4 Å². The molecule has 4 aromatic rings. The number of aromatic nitrogens is 3. The van der Waals surface area contributed by atoms with Crippen LogP contribution in [0.25, 0.3) is 16.9 Å². The second-order valence-electron chi connectivity index (χ2n) is 7.88. The average Bonchev–Trinajstić information content (AvgIpc) is 3.54. The molecule has 2 aromatic heterocycles. The van der Waals surface area contributed by atoms with Gasteiger partial charge in [-0.3, -0.25) is 14.2 Å². The van der Waals surface area contributed by atoms with Crippen LogP contribution in [0.15, 0.2) is 73.2 Å². The molecule has 2 N–H and O–H groups in total. The Kier molecular flexibility index (Phi) is 5.82. The Balaban J connectivity index is 1.21. The topological polar surface area (TPSA) is 98.1 Å². The van der Waals surface area contributed by atoms with E-state index in [1.165, 1.54) is 0 Å². The molecule has 1 unspecified atom stereocenters. The van der Waals surface area contributed by atoms with Crippen molar-refractivity contribution in [1.82, 2.24) is 19.9 Å². The number of amides is 2. The molecule has 2 aromatic carbocycles. The van der Waals surface area contributed by atoms with Crippen molar-refractivity contribution in [3.63, 3.8) is 0 Å². The highest BCUT2D eigenvalue weighted by molar-refractivity contribution is 5.98. The molecular formula is C25H23N5O3. The van der Waals surface area contributed by atoms with Crippen LogP contribution >= 0.6 is 0 Å². The molecule has 1 aliphatic rings. The molecule has 33 heavy (non-hydrogen) atoms. The molecule has 0 bridgehead atoms. The molecule has 1 aliphatic heterocycles. The molecule has 5 rings (SSSR count). The molecule has 166 valence electrons. The third-order valence-electron chi connectivity index (χ3n) is 5.58. The Bertz CT molecular complexity index is 1290. The van der Waals surface area contributed by atoms with Crippen molar-refractivity contribution < 1.29 is 14.3 Å². The Morgan fingerprint density at radius 2 is 1.97 bits per heavy atom. The number of benzene rings is 2. The van der Waals surface area contributed by atoms with E-state index >= 15 is 0 Å². The number of rotatable bonds is 6. The quantitative estimate of drug-likeness (QED) is 0.478. The van der Waals surface area contributed by atoms with Crippen LogP contribution in [-0.2, 0) is 16.1 Å². The van der Waals surface area contributed by atoms with Crippen LogP contribution in [0.3, 0.4) is 0 Å². The Labute approximate surface area is 190 Å². The van der Waals surface area contributed by atoms with Crippen molar-refractivity contribution >= 4 is 28.5 Å². The Morgan fingerprint density at radius 3 is 2.79 bits per heavy atom. The fraction of sp³-hybridized carbons (Fsp3) is 0.200. The summed E-state index contributed by atoms with van der Waals surface area (Å²) in [6, 6.07) is 18.6. The molecule has 8 heteroatoms. The number of fused-ring (bicyclic) bond motifs is 1. The van der Waals surface area contributed by atoms with Gasteiger partial charge in [0.05, 0.1) is 11.0 Å². The normalized spacial score (nSPS) is 15.5. The highest BCUT2D eigenvalue weighted by atomic mass is 16.5. The van der Waals surface area contributed by atoms with Crippen LogP contribution < -0.4 is 10.6 Å². The lowest BCUT2D eigenvalue weighted by Gasteiger charge is -2.11. The van der Waals surface area contributed by atoms with Gasteiger partial charge in [-0.25, -0.2) is 9.97 Å². The van der Waals surface area contributed by atoms with E-state index in [0.717, 1.165) is 35.3 Å². The summed E-state index contributed by atoms with van der Waals surface area (Å²) in [5, 5.41) is 5.72. The molecule has 3 heterocycles. The number of hydrogen-bond acceptors (Lipinski definition) is 5. The van der Waals surface area contributed by atoms with Crippen molar-refractivity contribution in [2.75, 3.05) is 11.9 Å². The zero-order valence-corrected chi connectivity index (χ0v) is 17.9. The molecule has 1 saturated heterocycles. The van der Waals surface area contributed by atoms with Gasteiger partial charge in [0.25, 0.3) is 11.8 Å². The van der Waals surface area contributed by atoms with Gasteiger partial charge in [-0.15, -0.1) is 0 Å². The molecular weight excluding hydrogens is 418 g/mol. The number of carbonyl (C=O) groups excluding carboxylic acids is 2. The minimum Gasteiger partial charge on any atom is -0.368 e. The number of nitrogens with zero attached hydrogens (tertiary/aromatic N) is 3. The van der Waals surface area contributed by atoms with Gasteiger partial charge in [0, 0.05) is 30.6 Å². The summed E-state index contributed by atoms with van der Waals surface area (Å²) in [4.78, 5) is 33.8. The van der Waals surface area contributed by atoms with Crippen molar-refractivity contribution in [1.29, 1.82) is 0 Å². The maximum absolute atomic E-state index is 12.6. The lowest BCUT2D eigenvalue weighted by molar-refractivity contribution is -0.124. The van der Waals surface area contributed by atoms with Gasteiger partial charge in [0.1, 0.15) is 18.2 Å². The van der Waals surface area contributed by atoms with E-state index in [0.29, 0.717) is 24.4 Å². The van der Waals surface area contributed by atoms with Crippen LogP contribution in [0.4, 0.5) is 5.69 Å². The van der Waals surface area contributed by atoms with Crippen LogP contribution in [0.2, 0.25) is 0 Å². The minimum absolute atomic E-state index is 0.179. The zero-order valence-electron chi connectivity index (χ0n) is 17.9. The molecule has 1 fully saturated rings. The van der Waals surface area contributed by atoms with Crippen molar-refractivity contribution in [3.05, 3.63) is 84.3 Å². The van der Waals surface area contributed by atoms with E-state index < -0.39 is 6.10 Å². The standard InChI is InChI=1S/C25H23N5O3/c31-24(18-5-3-6-19(13-18)29-25(32)22-9-4-12-33-22)27-15-17-10-11-23(26-14-17)30-16-28-20-7-1-2-8-21(20)30/h1-3,5-8,10-11,13-14,16,22H,4,9,12,15H2,(H,27,31)(H,29,32). The van der Waals surface area contributed by atoms with E-state index in [1.54, 1.807) is 36.8 Å². The molecule has 2 amide bonds. The molecule has 0 radical (unpaired) electrons. The Hall–Kier alpha value is -4.04. The predicted octanol–water partition coefficient (Wildman–Crippen LogP) is 3.47. The Morgan fingerprint density at radius 1 is 1.06 bits per heavy atom. The summed E-state index contributed by atoms with van der Waals surface area (Å²) in [5.41, 5.74) is 3.80. The third kappa shape index (κ3) is 4.61. The summed E-state index contributed by atoms with van der Waals surface area (Å²) >= 11 is 0. The van der Waals surface area contributed by atoms with Gasteiger partial charge in [-0.1, -0.05) is 24.3 Å². The molecule has 1 atom stereocenters. The first-order valence-corrected chi connectivity index (χ1v) is 10.9. The van der Waals surface area contributed by atoms with Crippen LogP contribution in [0, 0.1) is 0 Å². The van der Waals surface area contributed by atoms with E-state index in [4.69, 9.17) is 4.74 Å². The van der Waals surface area contributed by atoms with Crippen LogP contribution in [0.1, 0.15) is 28.8 Å². The fourth-order valence-corrected chi connectivity index (χ4v) is 3.84. The SMILES string of the molecule is O=C(NCc1ccc(-n2cnc3ccccc32)nc1)c1cccc(NC(=O)C2CCCO2)c1. The van der Waals surface area contributed by atoms with Crippen LogP contribution in [-0.4, -0.2) is 39.1 Å².